The van der Waals surface area contributed by atoms with E-state index in [0.717, 1.165) is 0 Å². The Kier molecular flexibility index (Phi) is 9.43. The van der Waals surface area contributed by atoms with Crippen LogP contribution in [0.1, 0.15) is 27.8 Å². The van der Waals surface area contributed by atoms with E-state index in [0.29, 0.717) is 0 Å². The van der Waals surface area contributed by atoms with Gasteiger partial charge in [-0.2, -0.15) is 26.3 Å². The van der Waals surface area contributed by atoms with Crippen molar-refractivity contribution in [3.8, 4) is 0 Å². The summed E-state index contributed by atoms with van der Waals surface area (Å²) in [6.45, 7) is 6.42. The number of benzene rings is 4. The van der Waals surface area contributed by atoms with Gasteiger partial charge in [-0.15, -0.1) is 0 Å². The molecule has 0 aliphatic rings. The third-order valence-electron chi connectivity index (χ3n) is 5.62. The van der Waals surface area contributed by atoms with Gasteiger partial charge >= 0.3 is 12.4 Å². The number of hydrogen-bond acceptors (Lipinski definition) is 3. The smallest absolute Gasteiger partial charge is 0.416 e. The second kappa shape index (κ2) is 12.1. The Hall–Kier alpha value is -3.28. The van der Waals surface area contributed by atoms with Crippen molar-refractivity contribution in [1.82, 2.24) is 0 Å². The molecule has 0 saturated carbocycles. The molecule has 0 aliphatic carbocycles. The molecule has 4 rings (SSSR count). The van der Waals surface area contributed by atoms with Crippen molar-refractivity contribution in [2.75, 3.05) is 0 Å². The van der Waals surface area contributed by atoms with Gasteiger partial charge < -0.3 is 4.55 Å². The monoisotopic (exact) mass is 598 g/mol. The highest BCUT2D eigenvalue weighted by Crippen LogP contribution is 2.37. The van der Waals surface area contributed by atoms with E-state index < -0.39 is 38.5 Å². The van der Waals surface area contributed by atoms with Crippen molar-refractivity contribution in [1.29, 1.82) is 0 Å². The molecule has 0 radical (unpaired) electrons. The zero-order valence-corrected chi connectivity index (χ0v) is 23.1. The predicted octanol–water partition coefficient (Wildman–Crippen LogP) is 8.34. The molecule has 3 nitrogen and oxygen atoms in total. The molecule has 0 unspecified atom stereocenters. The van der Waals surface area contributed by atoms with Crippen LogP contribution in [0.4, 0.5) is 26.3 Å². The molecule has 0 fully saturated rings. The fraction of sp³-hybridized carbons (Fsp3) is 0.172. The third kappa shape index (κ3) is 8.36. The van der Waals surface area contributed by atoms with Crippen molar-refractivity contribution in [3.63, 3.8) is 0 Å². The van der Waals surface area contributed by atoms with E-state index in [1.54, 1.807) is 0 Å². The van der Waals surface area contributed by atoms with E-state index in [2.05, 4.69) is 93.6 Å². The zero-order valence-electron chi connectivity index (χ0n) is 21.5. The molecule has 0 saturated heterocycles. The lowest BCUT2D eigenvalue weighted by Crippen LogP contribution is -2.13. The van der Waals surface area contributed by atoms with Gasteiger partial charge in [0, 0.05) is 0 Å². The molecule has 0 aliphatic heterocycles. The average Bonchev–Trinajstić information content (AvgIpc) is 2.86. The molecule has 0 amide bonds. The minimum absolute atomic E-state index is 0.0394. The Balaban J connectivity index is 0.000000226. The predicted molar refractivity (Wildman–Crippen MR) is 140 cm³/mol. The van der Waals surface area contributed by atoms with Crippen LogP contribution in [0.15, 0.2) is 111 Å². The molecule has 40 heavy (non-hydrogen) atoms. The van der Waals surface area contributed by atoms with Crippen molar-refractivity contribution in [3.05, 3.63) is 119 Å². The second-order valence-electron chi connectivity index (χ2n) is 8.94. The molecule has 0 heterocycles. The van der Waals surface area contributed by atoms with Crippen molar-refractivity contribution < 1.29 is 39.3 Å². The standard InChI is InChI=1S/C21H21S.C8H4F6O3S/c1-16-4-10-19(11-5-16)22(20-12-6-17(2)7-13-20)21-14-8-18(3)9-15-21;9-7(10,11)4-1-5(8(12,13)14)3-6(2-4)18(15,16)17/h4-15H,1-3H3;1-3H,(H,15,16,17)/q+1;/p-1. The third-order valence-corrected chi connectivity index (χ3v) is 8.66. The number of hydrogen-bond donors (Lipinski definition) is 0. The van der Waals surface area contributed by atoms with Gasteiger partial charge in [0.2, 0.25) is 0 Å². The fourth-order valence-electron chi connectivity index (χ4n) is 3.50. The van der Waals surface area contributed by atoms with E-state index in [9.17, 15) is 39.3 Å². The molecular formula is C29H24F6O3S2. The summed E-state index contributed by atoms with van der Waals surface area (Å²) in [7, 11) is -5.46. The zero-order chi connectivity index (χ0) is 29.9. The Morgan fingerprint density at radius 2 is 0.825 bits per heavy atom. The Morgan fingerprint density at radius 3 is 1.05 bits per heavy atom. The van der Waals surface area contributed by atoms with Gasteiger partial charge in [-0.3, -0.25) is 0 Å². The minimum atomic E-state index is -5.42. The van der Waals surface area contributed by atoms with Gasteiger partial charge in [0.15, 0.2) is 14.7 Å². The van der Waals surface area contributed by atoms with Crippen LogP contribution in [0.3, 0.4) is 0 Å². The fourth-order valence-corrected chi connectivity index (χ4v) is 6.09. The van der Waals surface area contributed by atoms with Crippen molar-refractivity contribution >= 4 is 21.0 Å². The highest BCUT2D eigenvalue weighted by Gasteiger charge is 2.37. The molecule has 0 N–H and O–H groups in total. The lowest BCUT2D eigenvalue weighted by molar-refractivity contribution is -0.143. The molecule has 4 aromatic rings. The molecule has 212 valence electrons. The topological polar surface area (TPSA) is 57.2 Å². The van der Waals surface area contributed by atoms with Crippen LogP contribution in [0.2, 0.25) is 0 Å². The molecule has 0 aromatic heterocycles. The average molecular weight is 599 g/mol. The second-order valence-corrected chi connectivity index (χ2v) is 12.3. The van der Waals surface area contributed by atoms with Crippen LogP contribution in [-0.4, -0.2) is 13.0 Å². The van der Waals surface area contributed by atoms with Crippen molar-refractivity contribution in [2.45, 2.75) is 52.7 Å². The summed E-state index contributed by atoms with van der Waals surface area (Å²) >= 11 is 0. The van der Waals surface area contributed by atoms with Gasteiger partial charge in [-0.25, -0.2) is 8.42 Å². The van der Waals surface area contributed by atoms with E-state index in [4.69, 9.17) is 0 Å². The summed E-state index contributed by atoms with van der Waals surface area (Å²) in [5, 5.41) is 0. The van der Waals surface area contributed by atoms with Crippen LogP contribution in [0.25, 0.3) is 0 Å². The van der Waals surface area contributed by atoms with Gasteiger partial charge in [0.05, 0.1) is 26.9 Å². The summed E-state index contributed by atoms with van der Waals surface area (Å²) in [6.07, 6.45) is -10.4. The molecule has 0 spiro atoms. The lowest BCUT2D eigenvalue weighted by Gasteiger charge is -2.15. The van der Waals surface area contributed by atoms with Crippen LogP contribution in [0, 0.1) is 20.8 Å². The SMILES string of the molecule is Cc1ccc([S+](c2ccc(C)cc2)c2ccc(C)cc2)cc1.O=S(=O)([O-])c1cc(C(F)(F)F)cc(C(F)(F)F)c1. The van der Waals surface area contributed by atoms with Crippen LogP contribution in [-0.2, 0) is 33.4 Å². The quantitative estimate of drug-likeness (QED) is 0.135. The van der Waals surface area contributed by atoms with Gasteiger partial charge in [0.1, 0.15) is 10.1 Å². The molecule has 4 aromatic carbocycles. The van der Waals surface area contributed by atoms with Crippen LogP contribution in [0.5, 0.6) is 0 Å². The summed E-state index contributed by atoms with van der Waals surface area (Å²) < 4.78 is 105. The van der Waals surface area contributed by atoms with Gasteiger partial charge in [-0.05, 0) is 75.4 Å². The van der Waals surface area contributed by atoms with E-state index in [1.807, 2.05) is 0 Å². The number of rotatable bonds is 4. The van der Waals surface area contributed by atoms with Gasteiger partial charge in [0.25, 0.3) is 0 Å². The van der Waals surface area contributed by atoms with Crippen LogP contribution >= 0.6 is 0 Å². The highest BCUT2D eigenvalue weighted by molar-refractivity contribution is 7.97. The highest BCUT2D eigenvalue weighted by atomic mass is 32.2. The Morgan fingerprint density at radius 1 is 0.550 bits per heavy atom. The number of aryl methyl sites for hydroxylation is 3. The maximum absolute atomic E-state index is 12.3. The molecule has 0 atom stereocenters. The minimum Gasteiger partial charge on any atom is -0.744 e. The molecule has 11 heteroatoms. The lowest BCUT2D eigenvalue weighted by atomic mass is 10.1. The summed E-state index contributed by atoms with van der Waals surface area (Å²) in [5.74, 6) is 0. The maximum Gasteiger partial charge on any atom is 0.416 e. The Bertz CT molecular complexity index is 1400. The van der Waals surface area contributed by atoms with E-state index in [1.165, 1.54) is 31.4 Å². The number of alkyl halides is 6. The van der Waals surface area contributed by atoms with Gasteiger partial charge in [-0.1, -0.05) is 53.1 Å². The van der Waals surface area contributed by atoms with E-state index in [-0.39, 0.29) is 29.1 Å². The van der Waals surface area contributed by atoms with Crippen molar-refractivity contribution in [2.24, 2.45) is 0 Å². The summed E-state index contributed by atoms with van der Waals surface area (Å²) in [4.78, 5) is 2.54. The first-order chi connectivity index (χ1) is 18.4. The molecular weight excluding hydrogens is 574 g/mol. The first-order valence-corrected chi connectivity index (χ1v) is 14.3. The van der Waals surface area contributed by atoms with E-state index >= 15 is 0 Å². The first kappa shape index (κ1) is 31.3. The summed E-state index contributed by atoms with van der Waals surface area (Å²) in [5.41, 5.74) is 0.207. The molecule has 0 bridgehead atoms. The first-order valence-electron chi connectivity index (χ1n) is 11.6. The Labute approximate surface area is 231 Å². The van der Waals surface area contributed by atoms with Crippen LogP contribution < -0.4 is 0 Å². The normalized spacial score (nSPS) is 12.2. The number of halogens is 6. The largest absolute Gasteiger partial charge is 0.744 e. The summed E-state index contributed by atoms with van der Waals surface area (Å²) in [6, 6.07) is 26.3. The maximum atomic E-state index is 12.3.